The highest BCUT2D eigenvalue weighted by molar-refractivity contribution is 5.81. The smallest absolute Gasteiger partial charge is 0.410 e. The maximum Gasteiger partial charge on any atom is 0.410 e. The van der Waals surface area contributed by atoms with E-state index in [-0.39, 0.29) is 11.5 Å². The number of ether oxygens (including phenoxy) is 1. The zero-order valence-electron chi connectivity index (χ0n) is 25.1. The Kier molecular flexibility index (Phi) is 6.55. The van der Waals surface area contributed by atoms with E-state index in [0.717, 1.165) is 0 Å². The molecule has 1 aliphatic heterocycles. The first-order valence-electron chi connectivity index (χ1n) is 14.1. The molecule has 0 unspecified atom stereocenters. The molecule has 12 heteroatoms. The van der Waals surface area contributed by atoms with Gasteiger partial charge in [0.1, 0.15) is 17.2 Å². The van der Waals surface area contributed by atoms with Gasteiger partial charge in [0.25, 0.3) is 0 Å². The third-order valence-electron chi connectivity index (χ3n) is 7.85. The number of benzene rings is 2. The molecular weight excluding hydrogens is 556 g/mol. The molecule has 0 radical (unpaired) electrons. The molecule has 0 bridgehead atoms. The predicted octanol–water partition coefficient (Wildman–Crippen LogP) is 5.45. The van der Waals surface area contributed by atoms with E-state index in [0.29, 0.717) is 57.8 Å². The number of carbonyl (C=O) groups excluding carboxylic acids is 1. The van der Waals surface area contributed by atoms with Gasteiger partial charge in [-0.15, -0.1) is 0 Å². The molecule has 1 amide bonds. The van der Waals surface area contributed by atoms with Crippen LogP contribution in [-0.4, -0.2) is 51.8 Å². The summed E-state index contributed by atoms with van der Waals surface area (Å²) in [4.78, 5) is 28.9. The summed E-state index contributed by atoms with van der Waals surface area (Å²) in [7, 11) is 1.72. The van der Waals surface area contributed by atoms with Gasteiger partial charge < -0.3 is 9.64 Å². The fourth-order valence-corrected chi connectivity index (χ4v) is 5.77. The van der Waals surface area contributed by atoms with Gasteiger partial charge in [0.2, 0.25) is 0 Å². The summed E-state index contributed by atoms with van der Waals surface area (Å²) in [5.41, 5.74) is 2.19. The van der Waals surface area contributed by atoms with Crippen LogP contribution in [0.3, 0.4) is 0 Å². The fraction of sp³-hybridized carbons (Fsp3) is 0.355. The van der Waals surface area contributed by atoms with Gasteiger partial charge in [0, 0.05) is 38.0 Å². The third kappa shape index (κ3) is 4.61. The zero-order valence-corrected chi connectivity index (χ0v) is 25.1. The molecule has 0 spiro atoms. The molecule has 43 heavy (non-hydrogen) atoms. The molecule has 0 aliphatic carbocycles. The van der Waals surface area contributed by atoms with Crippen molar-refractivity contribution in [3.63, 3.8) is 0 Å². The summed E-state index contributed by atoms with van der Waals surface area (Å²) in [5, 5.41) is 9.29. The number of imidazole rings is 1. The van der Waals surface area contributed by atoms with Crippen molar-refractivity contribution in [2.24, 2.45) is 7.05 Å². The van der Waals surface area contributed by atoms with E-state index in [9.17, 15) is 14.0 Å². The van der Waals surface area contributed by atoms with Crippen molar-refractivity contribution in [1.29, 1.82) is 0 Å². The Balaban J connectivity index is 1.55. The quantitative estimate of drug-likeness (QED) is 0.279. The van der Waals surface area contributed by atoms with E-state index in [4.69, 9.17) is 9.84 Å². The fourth-order valence-electron chi connectivity index (χ4n) is 5.77. The van der Waals surface area contributed by atoms with Crippen molar-refractivity contribution in [3.8, 4) is 17.2 Å². The van der Waals surface area contributed by atoms with E-state index in [2.05, 4.69) is 5.10 Å². The lowest BCUT2D eigenvalue weighted by Crippen LogP contribution is -2.42. The summed E-state index contributed by atoms with van der Waals surface area (Å²) >= 11 is 0. The highest BCUT2D eigenvalue weighted by atomic mass is 19.1. The maximum atomic E-state index is 15.6. The largest absolute Gasteiger partial charge is 0.444 e. The van der Waals surface area contributed by atoms with Crippen LogP contribution in [0.15, 0.2) is 47.7 Å². The first-order chi connectivity index (χ1) is 20.3. The number of aromatic nitrogens is 6. The number of hydrogen-bond acceptors (Lipinski definition) is 5. The lowest BCUT2D eigenvalue weighted by atomic mass is 10.00. The molecule has 5 aromatic rings. The molecule has 10 nitrogen and oxygen atoms in total. The molecule has 0 N–H and O–H groups in total. The molecule has 0 saturated heterocycles. The van der Waals surface area contributed by atoms with Gasteiger partial charge in [-0.1, -0.05) is 0 Å². The van der Waals surface area contributed by atoms with Crippen LogP contribution in [0.4, 0.5) is 13.6 Å². The van der Waals surface area contributed by atoms with Gasteiger partial charge in [-0.2, -0.15) is 10.2 Å². The zero-order chi connectivity index (χ0) is 31.0. The minimum atomic E-state index is -0.694. The van der Waals surface area contributed by atoms with Crippen molar-refractivity contribution in [2.75, 3.05) is 6.54 Å². The molecule has 1 atom stereocenters. The van der Waals surface area contributed by atoms with E-state index in [1.807, 2.05) is 6.92 Å². The van der Waals surface area contributed by atoms with Crippen LogP contribution in [0, 0.1) is 25.5 Å². The molecule has 0 fully saturated rings. The Hall–Kier alpha value is -4.74. The first kappa shape index (κ1) is 28.4. The van der Waals surface area contributed by atoms with Crippen LogP contribution >= 0.6 is 0 Å². The van der Waals surface area contributed by atoms with Gasteiger partial charge >= 0.3 is 11.8 Å². The highest BCUT2D eigenvalue weighted by Crippen LogP contribution is 2.36. The van der Waals surface area contributed by atoms with E-state index >= 15 is 4.39 Å². The van der Waals surface area contributed by atoms with Crippen LogP contribution in [0.2, 0.25) is 0 Å². The molecule has 224 valence electrons. The van der Waals surface area contributed by atoms with Crippen molar-refractivity contribution in [2.45, 2.75) is 59.6 Å². The van der Waals surface area contributed by atoms with Gasteiger partial charge in [-0.3, -0.25) is 13.8 Å². The second kappa shape index (κ2) is 9.92. The maximum absolute atomic E-state index is 15.6. The van der Waals surface area contributed by atoms with Crippen LogP contribution in [0.5, 0.6) is 0 Å². The number of aryl methyl sites for hydroxylation is 3. The van der Waals surface area contributed by atoms with E-state index in [1.165, 1.54) is 27.6 Å². The number of nitrogens with zero attached hydrogens (tertiary/aromatic N) is 7. The van der Waals surface area contributed by atoms with Crippen LogP contribution < -0.4 is 5.69 Å². The molecule has 4 heterocycles. The Morgan fingerprint density at radius 2 is 1.72 bits per heavy atom. The summed E-state index contributed by atoms with van der Waals surface area (Å²) in [5.74, 6) is -0.515. The average molecular weight is 590 g/mol. The molecule has 0 saturated carbocycles. The van der Waals surface area contributed by atoms with Crippen LogP contribution in [0.25, 0.3) is 28.1 Å². The monoisotopic (exact) mass is 589 g/mol. The minimum Gasteiger partial charge on any atom is -0.444 e. The van der Waals surface area contributed by atoms with Gasteiger partial charge in [-0.25, -0.2) is 23.1 Å². The van der Waals surface area contributed by atoms with Crippen LogP contribution in [-0.2, 0) is 18.2 Å². The van der Waals surface area contributed by atoms with Crippen molar-refractivity contribution < 1.29 is 18.3 Å². The summed E-state index contributed by atoms with van der Waals surface area (Å²) in [6, 6.07) is 6.07. The molecular formula is C31H33F2N7O3. The van der Waals surface area contributed by atoms with Gasteiger partial charge in [-0.05, 0) is 76.9 Å². The number of amides is 1. The first-order valence-corrected chi connectivity index (χ1v) is 14.1. The Morgan fingerprint density at radius 3 is 2.40 bits per heavy atom. The lowest BCUT2D eigenvalue weighted by Gasteiger charge is -2.34. The Labute approximate surface area is 246 Å². The number of carbonyl (C=O) groups is 1. The topological polar surface area (TPSA) is 92.1 Å². The summed E-state index contributed by atoms with van der Waals surface area (Å²) in [6.45, 7) is 11.0. The standard InChI is InChI=1S/C31H33F2N7O3/c1-17-14-20(15-18(2)26(17)32)40-28(25-19(3)37(11-10-22(25)35-40)30(42)43-31(4,5)6)39-13-12-38(29(39)41)24-9-8-23-21(27(24)33)16-34-36(23)7/h8-9,12-16,19H,10-11H2,1-7H3/t19-/m1/s1. The number of halogens is 2. The van der Waals surface area contributed by atoms with Crippen LogP contribution in [0.1, 0.15) is 56.1 Å². The second-order valence-corrected chi connectivity index (χ2v) is 12.0. The number of rotatable bonds is 3. The van der Waals surface area contributed by atoms with Crippen molar-refractivity contribution >= 4 is 17.0 Å². The van der Waals surface area contributed by atoms with E-state index < -0.39 is 29.2 Å². The number of fused-ring (bicyclic) bond motifs is 2. The molecule has 6 rings (SSSR count). The normalized spacial score (nSPS) is 15.3. The molecule has 2 aromatic carbocycles. The number of hydrogen-bond donors (Lipinski definition) is 0. The third-order valence-corrected chi connectivity index (χ3v) is 7.85. The van der Waals surface area contributed by atoms with Crippen molar-refractivity contribution in [1.82, 2.24) is 33.6 Å². The minimum absolute atomic E-state index is 0.0704. The summed E-state index contributed by atoms with van der Waals surface area (Å²) < 4.78 is 41.7. The van der Waals surface area contributed by atoms with Gasteiger partial charge in [0.15, 0.2) is 5.82 Å². The summed E-state index contributed by atoms with van der Waals surface area (Å²) in [6.07, 6.45) is 4.40. The second-order valence-electron chi connectivity index (χ2n) is 12.0. The highest BCUT2D eigenvalue weighted by Gasteiger charge is 2.37. The lowest BCUT2D eigenvalue weighted by molar-refractivity contribution is 0.0159. The SMILES string of the molecule is Cc1cc(-n2nc3c(c2-n2ccn(-c4ccc5c(cnn5C)c4F)c2=O)[C@@H](C)N(C(=O)OC(C)(C)C)CC3)cc(C)c1F. The average Bonchev–Trinajstić information content (AvgIpc) is 3.62. The predicted molar refractivity (Wildman–Crippen MR) is 157 cm³/mol. The van der Waals surface area contributed by atoms with Crippen molar-refractivity contribution in [3.05, 3.63) is 87.4 Å². The Morgan fingerprint density at radius 1 is 1.05 bits per heavy atom. The molecule has 1 aliphatic rings. The van der Waals surface area contributed by atoms with Gasteiger partial charge in [0.05, 0.1) is 40.2 Å². The Bertz CT molecular complexity index is 1950. The molecule has 3 aromatic heterocycles. The van der Waals surface area contributed by atoms with E-state index in [1.54, 1.807) is 80.3 Å².